The molecule has 5 heteroatoms. The normalized spacial score (nSPS) is 24.4. The molecule has 2 aliphatic rings. The van der Waals surface area contributed by atoms with E-state index in [0.29, 0.717) is 5.92 Å². The summed E-state index contributed by atoms with van der Waals surface area (Å²) in [5.41, 5.74) is 1.18. The van der Waals surface area contributed by atoms with Crippen molar-refractivity contribution in [3.05, 3.63) is 48.7 Å². The van der Waals surface area contributed by atoms with E-state index < -0.39 is 0 Å². The molecule has 4 rings (SSSR count). The predicted octanol–water partition coefficient (Wildman–Crippen LogP) is 2.13. The summed E-state index contributed by atoms with van der Waals surface area (Å²) < 4.78 is 5.42. The zero-order chi connectivity index (χ0) is 14.9. The summed E-state index contributed by atoms with van der Waals surface area (Å²) in [7, 11) is 0. The summed E-state index contributed by atoms with van der Waals surface area (Å²) in [6, 6.07) is 7.90. The van der Waals surface area contributed by atoms with Crippen LogP contribution in [-0.2, 0) is 4.79 Å². The molecule has 114 valence electrons. The molecule has 1 saturated carbocycles. The minimum atomic E-state index is 0.124. The molecule has 0 bridgehead atoms. The van der Waals surface area contributed by atoms with E-state index in [4.69, 9.17) is 4.42 Å². The standard InChI is InChI=1S/C17H19N3O2/c21-17(15-12-14(15)16-2-1-11-22-16)20-9-7-19(8-10-20)13-3-5-18-6-4-13/h1-6,11,14-15H,7-10,12H2/t14-,15+/m1/s1. The number of hydrogen-bond donors (Lipinski definition) is 0. The number of anilines is 1. The molecule has 1 aliphatic carbocycles. The Balaban J connectivity index is 1.33. The van der Waals surface area contributed by atoms with E-state index in [0.717, 1.165) is 38.4 Å². The van der Waals surface area contributed by atoms with Gasteiger partial charge in [0.25, 0.3) is 0 Å². The number of furan rings is 1. The fraction of sp³-hybridized carbons (Fsp3) is 0.412. The van der Waals surface area contributed by atoms with Crippen LogP contribution in [0.2, 0.25) is 0 Å². The average Bonchev–Trinajstić information content (AvgIpc) is 3.20. The summed E-state index contributed by atoms with van der Waals surface area (Å²) in [4.78, 5) is 20.9. The first-order valence-electron chi connectivity index (χ1n) is 7.80. The molecule has 0 aromatic carbocycles. The highest BCUT2D eigenvalue weighted by atomic mass is 16.3. The van der Waals surface area contributed by atoms with Gasteiger partial charge in [-0.3, -0.25) is 9.78 Å². The maximum absolute atomic E-state index is 12.6. The lowest BCUT2D eigenvalue weighted by molar-refractivity contribution is -0.133. The average molecular weight is 297 g/mol. The maximum Gasteiger partial charge on any atom is 0.226 e. The van der Waals surface area contributed by atoms with E-state index in [1.54, 1.807) is 6.26 Å². The Bertz CT molecular complexity index is 633. The lowest BCUT2D eigenvalue weighted by Crippen LogP contribution is -2.49. The number of carbonyl (C=O) groups excluding carboxylic acids is 1. The van der Waals surface area contributed by atoms with Gasteiger partial charge in [0.05, 0.1) is 6.26 Å². The van der Waals surface area contributed by atoms with Gasteiger partial charge in [-0.15, -0.1) is 0 Å². The Morgan fingerprint density at radius 3 is 2.59 bits per heavy atom. The summed E-state index contributed by atoms with van der Waals surface area (Å²) in [6.45, 7) is 3.35. The Kier molecular flexibility index (Phi) is 3.33. The molecule has 2 atom stereocenters. The highest BCUT2D eigenvalue weighted by Gasteiger charge is 2.47. The van der Waals surface area contributed by atoms with Crippen molar-refractivity contribution >= 4 is 11.6 Å². The molecule has 0 unspecified atom stereocenters. The highest BCUT2D eigenvalue weighted by molar-refractivity contribution is 5.83. The molecule has 1 aliphatic heterocycles. The van der Waals surface area contributed by atoms with Crippen molar-refractivity contribution in [1.29, 1.82) is 0 Å². The van der Waals surface area contributed by atoms with E-state index in [2.05, 4.69) is 9.88 Å². The number of rotatable bonds is 3. The van der Waals surface area contributed by atoms with Crippen molar-refractivity contribution in [1.82, 2.24) is 9.88 Å². The Labute approximate surface area is 129 Å². The number of amides is 1. The van der Waals surface area contributed by atoms with Crippen molar-refractivity contribution in [3.8, 4) is 0 Å². The van der Waals surface area contributed by atoms with Crippen LogP contribution in [0.1, 0.15) is 18.1 Å². The van der Waals surface area contributed by atoms with Gasteiger partial charge in [-0.25, -0.2) is 0 Å². The second-order valence-corrected chi connectivity index (χ2v) is 5.98. The molecule has 5 nitrogen and oxygen atoms in total. The van der Waals surface area contributed by atoms with E-state index in [1.807, 2.05) is 41.6 Å². The fourth-order valence-electron chi connectivity index (χ4n) is 3.26. The number of pyridine rings is 1. The van der Waals surface area contributed by atoms with Crippen molar-refractivity contribution in [2.45, 2.75) is 12.3 Å². The van der Waals surface area contributed by atoms with E-state index >= 15 is 0 Å². The Morgan fingerprint density at radius 2 is 1.91 bits per heavy atom. The van der Waals surface area contributed by atoms with E-state index in [-0.39, 0.29) is 11.8 Å². The number of hydrogen-bond acceptors (Lipinski definition) is 4. The Hall–Kier alpha value is -2.30. The van der Waals surface area contributed by atoms with Crippen LogP contribution in [0, 0.1) is 5.92 Å². The summed E-state index contributed by atoms with van der Waals surface area (Å²) in [5, 5.41) is 0. The smallest absolute Gasteiger partial charge is 0.226 e. The molecular formula is C17H19N3O2. The lowest BCUT2D eigenvalue weighted by Gasteiger charge is -2.36. The number of aromatic nitrogens is 1. The molecule has 0 radical (unpaired) electrons. The second kappa shape index (κ2) is 5.48. The molecular weight excluding hydrogens is 278 g/mol. The molecule has 0 spiro atoms. The monoisotopic (exact) mass is 297 g/mol. The van der Waals surface area contributed by atoms with Gasteiger partial charge >= 0.3 is 0 Å². The Morgan fingerprint density at radius 1 is 1.14 bits per heavy atom. The van der Waals surface area contributed by atoms with Crippen LogP contribution in [0.25, 0.3) is 0 Å². The first kappa shape index (κ1) is 13.4. The van der Waals surface area contributed by atoms with Gasteiger partial charge in [0.2, 0.25) is 5.91 Å². The highest BCUT2D eigenvalue weighted by Crippen LogP contribution is 2.48. The van der Waals surface area contributed by atoms with Crippen LogP contribution >= 0.6 is 0 Å². The topological polar surface area (TPSA) is 49.6 Å². The molecule has 1 saturated heterocycles. The van der Waals surface area contributed by atoms with Crippen molar-refractivity contribution in [2.24, 2.45) is 5.92 Å². The van der Waals surface area contributed by atoms with Gasteiger partial charge in [-0.1, -0.05) is 0 Å². The van der Waals surface area contributed by atoms with Crippen LogP contribution in [0.15, 0.2) is 47.3 Å². The first-order chi connectivity index (χ1) is 10.8. The second-order valence-electron chi connectivity index (χ2n) is 5.98. The van der Waals surface area contributed by atoms with Gasteiger partial charge in [-0.05, 0) is 30.7 Å². The fourth-order valence-corrected chi connectivity index (χ4v) is 3.26. The van der Waals surface area contributed by atoms with E-state index in [1.165, 1.54) is 5.69 Å². The third-order valence-electron chi connectivity index (χ3n) is 4.64. The quantitative estimate of drug-likeness (QED) is 0.871. The molecule has 2 aromatic rings. The maximum atomic E-state index is 12.6. The molecule has 3 heterocycles. The molecule has 2 fully saturated rings. The lowest BCUT2D eigenvalue weighted by atomic mass is 10.2. The van der Waals surface area contributed by atoms with Gasteiger partial charge in [0.15, 0.2) is 0 Å². The predicted molar refractivity (Wildman–Crippen MR) is 82.6 cm³/mol. The van der Waals surface area contributed by atoms with Crippen LogP contribution in [0.5, 0.6) is 0 Å². The third kappa shape index (κ3) is 2.47. The summed E-state index contributed by atoms with van der Waals surface area (Å²) in [6.07, 6.45) is 6.23. The number of carbonyl (C=O) groups is 1. The minimum absolute atomic E-state index is 0.124. The minimum Gasteiger partial charge on any atom is -0.469 e. The van der Waals surface area contributed by atoms with Gasteiger partial charge in [-0.2, -0.15) is 0 Å². The number of nitrogens with zero attached hydrogens (tertiary/aromatic N) is 3. The van der Waals surface area contributed by atoms with Crippen molar-refractivity contribution in [3.63, 3.8) is 0 Å². The van der Waals surface area contributed by atoms with Gasteiger partial charge < -0.3 is 14.2 Å². The van der Waals surface area contributed by atoms with Crippen LogP contribution in [0.3, 0.4) is 0 Å². The summed E-state index contributed by atoms with van der Waals surface area (Å²) >= 11 is 0. The molecule has 22 heavy (non-hydrogen) atoms. The van der Waals surface area contributed by atoms with Crippen molar-refractivity contribution < 1.29 is 9.21 Å². The van der Waals surface area contributed by atoms with Crippen molar-refractivity contribution in [2.75, 3.05) is 31.1 Å². The van der Waals surface area contributed by atoms with E-state index in [9.17, 15) is 4.79 Å². The zero-order valence-electron chi connectivity index (χ0n) is 12.4. The molecule has 0 N–H and O–H groups in total. The SMILES string of the molecule is O=C([C@H]1C[C@H]1c1ccco1)N1CCN(c2ccncc2)CC1. The largest absolute Gasteiger partial charge is 0.469 e. The van der Waals surface area contributed by atoms with Gasteiger partial charge in [0.1, 0.15) is 5.76 Å². The number of piperazine rings is 1. The molecule has 2 aromatic heterocycles. The third-order valence-corrected chi connectivity index (χ3v) is 4.64. The zero-order valence-corrected chi connectivity index (χ0v) is 12.4. The van der Waals surface area contributed by atoms with Crippen LogP contribution < -0.4 is 4.90 Å². The summed E-state index contributed by atoms with van der Waals surface area (Å²) in [5.74, 6) is 1.66. The van der Waals surface area contributed by atoms with Crippen LogP contribution in [0.4, 0.5) is 5.69 Å². The van der Waals surface area contributed by atoms with Crippen LogP contribution in [-0.4, -0.2) is 42.0 Å². The first-order valence-corrected chi connectivity index (χ1v) is 7.80. The van der Waals surface area contributed by atoms with Gasteiger partial charge in [0, 0.05) is 56.1 Å². The molecule has 1 amide bonds.